The third kappa shape index (κ3) is 3.33. The Morgan fingerprint density at radius 1 is 1.12 bits per heavy atom. The number of benzene rings is 2. The molecule has 2 aromatic carbocycles. The summed E-state index contributed by atoms with van der Waals surface area (Å²) in [5.41, 5.74) is 9.42. The van der Waals surface area contributed by atoms with Gasteiger partial charge < -0.3 is 20.5 Å². The molecule has 8 nitrogen and oxygen atoms in total. The number of nitrogen functional groups attached to an aromatic ring is 1. The predicted molar refractivity (Wildman–Crippen MR) is 124 cm³/mol. The van der Waals surface area contributed by atoms with Crippen molar-refractivity contribution in [2.24, 2.45) is 0 Å². The van der Waals surface area contributed by atoms with Gasteiger partial charge in [0.25, 0.3) is 0 Å². The van der Waals surface area contributed by atoms with Crippen LogP contribution in [0.25, 0.3) is 0 Å². The standard InChI is InChI=1S/C23H22BrN5O3/c1-31-18-8-7-12(11-19(18)32-2)13-9-16-20(17(30)10-13)21(14-5-3-4-6-15(14)24)29-23(26-16)27-22(25)28-29/h3-8,11,13,21H,9-10H2,1-2H3,(H3,25,26,27,28)/t13-,21+/m1/s1. The van der Waals surface area contributed by atoms with Crippen molar-refractivity contribution in [3.05, 3.63) is 69.3 Å². The Bertz CT molecular complexity index is 1250. The molecule has 3 N–H and O–H groups in total. The Labute approximate surface area is 193 Å². The van der Waals surface area contributed by atoms with E-state index in [-0.39, 0.29) is 17.6 Å². The number of ether oxygens (including phenoxy) is 2. The van der Waals surface area contributed by atoms with Crippen molar-refractivity contribution in [3.63, 3.8) is 0 Å². The summed E-state index contributed by atoms with van der Waals surface area (Å²) >= 11 is 3.63. The number of nitrogens with one attached hydrogen (secondary N) is 1. The number of nitrogens with zero attached hydrogens (tertiary/aromatic N) is 3. The molecule has 1 aromatic heterocycles. The monoisotopic (exact) mass is 495 g/mol. The minimum atomic E-state index is -0.402. The zero-order chi connectivity index (χ0) is 22.4. The second-order valence-corrected chi connectivity index (χ2v) is 8.68. The first-order valence-corrected chi connectivity index (χ1v) is 11.0. The summed E-state index contributed by atoms with van der Waals surface area (Å²) in [6, 6.07) is 13.2. The highest BCUT2D eigenvalue weighted by Crippen LogP contribution is 2.46. The van der Waals surface area contributed by atoms with Crippen molar-refractivity contribution in [2.45, 2.75) is 24.8 Å². The number of Topliss-reactive ketones (excluding diaryl/α,β-unsaturated/α-hetero) is 1. The smallest absolute Gasteiger partial charge is 0.241 e. The molecule has 164 valence electrons. The third-order valence-corrected chi connectivity index (χ3v) is 6.74. The minimum absolute atomic E-state index is 0.000221. The Hall–Kier alpha value is -3.33. The molecule has 0 saturated heterocycles. The molecule has 3 aromatic rings. The van der Waals surface area contributed by atoms with Gasteiger partial charge >= 0.3 is 0 Å². The summed E-state index contributed by atoms with van der Waals surface area (Å²) in [7, 11) is 3.21. The molecule has 0 amide bonds. The van der Waals surface area contributed by atoms with E-state index < -0.39 is 6.04 Å². The number of carbonyl (C=O) groups is 1. The normalized spacial score (nSPS) is 19.8. The Morgan fingerprint density at radius 3 is 2.66 bits per heavy atom. The molecule has 2 atom stereocenters. The lowest BCUT2D eigenvalue weighted by atomic mass is 9.78. The van der Waals surface area contributed by atoms with E-state index in [1.807, 2.05) is 42.5 Å². The number of fused-ring (bicyclic) bond motifs is 1. The summed E-state index contributed by atoms with van der Waals surface area (Å²) in [6.45, 7) is 0. The predicted octanol–water partition coefficient (Wildman–Crippen LogP) is 4.06. The Kier molecular flexibility index (Phi) is 5.13. The van der Waals surface area contributed by atoms with Crippen LogP contribution >= 0.6 is 15.9 Å². The molecule has 0 spiro atoms. The number of hydrogen-bond donors (Lipinski definition) is 2. The van der Waals surface area contributed by atoms with Crippen molar-refractivity contribution in [1.82, 2.24) is 14.8 Å². The number of nitrogens with two attached hydrogens (primary N) is 1. The number of anilines is 2. The first-order chi connectivity index (χ1) is 15.5. The molecule has 5 rings (SSSR count). The van der Waals surface area contributed by atoms with Crippen LogP contribution in [0.2, 0.25) is 0 Å². The van der Waals surface area contributed by atoms with E-state index in [4.69, 9.17) is 15.2 Å². The molecule has 0 radical (unpaired) electrons. The maximum absolute atomic E-state index is 13.5. The summed E-state index contributed by atoms with van der Waals surface area (Å²) in [5, 5.41) is 7.69. The summed E-state index contributed by atoms with van der Waals surface area (Å²) in [5.74, 6) is 2.06. The summed E-state index contributed by atoms with van der Waals surface area (Å²) in [6.07, 6.45) is 1.04. The first kappa shape index (κ1) is 20.6. The van der Waals surface area contributed by atoms with E-state index in [2.05, 4.69) is 31.3 Å². The van der Waals surface area contributed by atoms with Crippen LogP contribution in [0.5, 0.6) is 11.5 Å². The van der Waals surface area contributed by atoms with E-state index in [1.54, 1.807) is 18.9 Å². The SMILES string of the molecule is COc1ccc([C@H]2CC(=O)C3=C(C2)Nc2nc(N)nn2[C@H]3c2ccccc2Br)cc1OC. The van der Waals surface area contributed by atoms with E-state index in [1.165, 1.54) is 0 Å². The summed E-state index contributed by atoms with van der Waals surface area (Å²) < 4.78 is 13.4. The molecule has 1 aliphatic carbocycles. The highest BCUT2D eigenvalue weighted by molar-refractivity contribution is 9.10. The van der Waals surface area contributed by atoms with E-state index in [0.717, 1.165) is 21.3 Å². The highest BCUT2D eigenvalue weighted by atomic mass is 79.9. The average Bonchev–Trinajstić information content (AvgIpc) is 3.17. The molecule has 0 saturated carbocycles. The number of halogens is 1. The van der Waals surface area contributed by atoms with Crippen LogP contribution < -0.4 is 20.5 Å². The number of ketones is 1. The number of hydrogen-bond acceptors (Lipinski definition) is 7. The maximum Gasteiger partial charge on any atom is 0.241 e. The van der Waals surface area contributed by atoms with Crippen molar-refractivity contribution >= 4 is 33.6 Å². The number of aromatic nitrogens is 3. The van der Waals surface area contributed by atoms with Gasteiger partial charge in [-0.25, -0.2) is 4.68 Å². The van der Waals surface area contributed by atoms with Crippen molar-refractivity contribution in [1.29, 1.82) is 0 Å². The van der Waals surface area contributed by atoms with Gasteiger partial charge in [0.2, 0.25) is 11.9 Å². The number of methoxy groups -OCH3 is 2. The second kappa shape index (κ2) is 7.98. The fraction of sp³-hybridized carbons (Fsp3) is 0.261. The van der Waals surface area contributed by atoms with E-state index >= 15 is 0 Å². The molecule has 0 fully saturated rings. The molecule has 9 heteroatoms. The molecule has 2 aliphatic rings. The Balaban J connectivity index is 1.59. The van der Waals surface area contributed by atoms with Gasteiger partial charge in [-0.2, -0.15) is 4.98 Å². The van der Waals surface area contributed by atoms with Crippen LogP contribution in [0, 0.1) is 0 Å². The molecular formula is C23H22BrN5O3. The number of allylic oxidation sites excluding steroid dienone is 2. The van der Waals surface area contributed by atoms with E-state index in [0.29, 0.717) is 35.9 Å². The van der Waals surface area contributed by atoms with Crippen molar-refractivity contribution in [2.75, 3.05) is 25.3 Å². The van der Waals surface area contributed by atoms with Gasteiger partial charge in [-0.3, -0.25) is 4.79 Å². The zero-order valence-corrected chi connectivity index (χ0v) is 19.2. The van der Waals surface area contributed by atoms with Crippen LogP contribution in [0.15, 0.2) is 58.2 Å². The quantitative estimate of drug-likeness (QED) is 0.562. The Morgan fingerprint density at radius 2 is 1.91 bits per heavy atom. The van der Waals surface area contributed by atoms with Gasteiger partial charge in [-0.15, -0.1) is 5.10 Å². The lowest BCUT2D eigenvalue weighted by Gasteiger charge is -2.35. The van der Waals surface area contributed by atoms with Gasteiger partial charge in [0.05, 0.1) is 14.2 Å². The summed E-state index contributed by atoms with van der Waals surface area (Å²) in [4.78, 5) is 17.9. The van der Waals surface area contributed by atoms with Gasteiger partial charge in [0.1, 0.15) is 6.04 Å². The second-order valence-electron chi connectivity index (χ2n) is 7.82. The first-order valence-electron chi connectivity index (χ1n) is 10.2. The van der Waals surface area contributed by atoms with Gasteiger partial charge in [0.15, 0.2) is 17.3 Å². The minimum Gasteiger partial charge on any atom is -0.493 e. The van der Waals surface area contributed by atoms with Gasteiger partial charge in [-0.1, -0.05) is 40.2 Å². The molecule has 0 unspecified atom stereocenters. The van der Waals surface area contributed by atoms with Crippen LogP contribution in [0.3, 0.4) is 0 Å². The molecule has 1 aliphatic heterocycles. The third-order valence-electron chi connectivity index (χ3n) is 6.02. The van der Waals surface area contributed by atoms with Crippen LogP contribution in [-0.4, -0.2) is 34.8 Å². The van der Waals surface area contributed by atoms with Crippen molar-refractivity contribution in [3.8, 4) is 11.5 Å². The fourth-order valence-electron chi connectivity index (χ4n) is 4.56. The average molecular weight is 496 g/mol. The number of rotatable bonds is 4. The van der Waals surface area contributed by atoms with Crippen LogP contribution in [-0.2, 0) is 4.79 Å². The lowest BCUT2D eigenvalue weighted by Crippen LogP contribution is -2.33. The van der Waals surface area contributed by atoms with Gasteiger partial charge in [0, 0.05) is 22.2 Å². The van der Waals surface area contributed by atoms with E-state index in [9.17, 15) is 4.79 Å². The van der Waals surface area contributed by atoms with Crippen LogP contribution in [0.1, 0.15) is 35.9 Å². The van der Waals surface area contributed by atoms with Gasteiger partial charge in [-0.05, 0) is 41.7 Å². The molecule has 0 bridgehead atoms. The topological polar surface area (TPSA) is 104 Å². The molecular weight excluding hydrogens is 474 g/mol. The molecule has 32 heavy (non-hydrogen) atoms. The highest BCUT2D eigenvalue weighted by Gasteiger charge is 2.40. The number of carbonyl (C=O) groups excluding carboxylic acids is 1. The zero-order valence-electron chi connectivity index (χ0n) is 17.6. The maximum atomic E-state index is 13.5. The van der Waals surface area contributed by atoms with Crippen molar-refractivity contribution < 1.29 is 14.3 Å². The largest absolute Gasteiger partial charge is 0.493 e. The fourth-order valence-corrected chi connectivity index (χ4v) is 5.06. The molecule has 2 heterocycles. The van der Waals surface area contributed by atoms with Crippen LogP contribution in [0.4, 0.5) is 11.9 Å². The lowest BCUT2D eigenvalue weighted by molar-refractivity contribution is -0.116.